The van der Waals surface area contributed by atoms with Gasteiger partial charge in [0.2, 0.25) is 0 Å². The third kappa shape index (κ3) is 2.97. The normalized spacial score (nSPS) is 15.5. The van der Waals surface area contributed by atoms with Gasteiger partial charge in [-0.05, 0) is 35.7 Å². The highest BCUT2D eigenvalue weighted by molar-refractivity contribution is 6.20. The molecule has 3 aromatic carbocycles. The van der Waals surface area contributed by atoms with Crippen LogP contribution in [-0.4, -0.2) is 49.0 Å². The molecule has 0 aliphatic carbocycles. The Morgan fingerprint density at radius 3 is 2.66 bits per heavy atom. The fourth-order valence-electron chi connectivity index (χ4n) is 4.76. The van der Waals surface area contributed by atoms with E-state index >= 15 is 0 Å². The highest BCUT2D eigenvalue weighted by Gasteiger charge is 2.24. The molecule has 1 saturated heterocycles. The van der Waals surface area contributed by atoms with Crippen LogP contribution in [0.2, 0.25) is 0 Å². The fourth-order valence-corrected chi connectivity index (χ4v) is 4.76. The molecule has 0 bridgehead atoms. The molecule has 158 valence electrons. The molecule has 0 radical (unpaired) electrons. The van der Waals surface area contributed by atoms with Crippen molar-refractivity contribution in [2.24, 2.45) is 0 Å². The molecule has 0 saturated carbocycles. The summed E-state index contributed by atoms with van der Waals surface area (Å²) in [4.78, 5) is 22.3. The smallest absolute Gasteiger partial charge is 0.187 e. The number of anilines is 2. The Balaban J connectivity index is 1.49. The van der Waals surface area contributed by atoms with Gasteiger partial charge in [-0.1, -0.05) is 30.3 Å². The first kappa shape index (κ1) is 19.0. The molecule has 2 aliphatic heterocycles. The SMILES string of the molecule is CN1c2ccccc2-c2nc3ccc(C(=O)/C=C/N4CCOCC4)cc3c3cccc1c23. The van der Waals surface area contributed by atoms with Crippen LogP contribution in [-0.2, 0) is 4.74 Å². The summed E-state index contributed by atoms with van der Waals surface area (Å²) in [7, 11) is 2.09. The molecular formula is C27H23N3O2. The number of rotatable bonds is 3. The van der Waals surface area contributed by atoms with Crippen LogP contribution in [0.5, 0.6) is 0 Å². The third-order valence-corrected chi connectivity index (χ3v) is 6.45. The van der Waals surface area contributed by atoms with Gasteiger partial charge in [0.1, 0.15) is 0 Å². The number of fused-ring (bicyclic) bond motifs is 4. The number of hydrogen-bond donors (Lipinski definition) is 0. The Labute approximate surface area is 186 Å². The van der Waals surface area contributed by atoms with Gasteiger partial charge >= 0.3 is 0 Å². The van der Waals surface area contributed by atoms with E-state index in [1.165, 1.54) is 0 Å². The van der Waals surface area contributed by atoms with Crippen molar-refractivity contribution in [3.63, 3.8) is 0 Å². The molecule has 32 heavy (non-hydrogen) atoms. The van der Waals surface area contributed by atoms with Gasteiger partial charge < -0.3 is 14.5 Å². The molecule has 2 aliphatic rings. The first-order valence-electron chi connectivity index (χ1n) is 10.9. The molecule has 0 N–H and O–H groups in total. The number of nitrogens with zero attached hydrogens (tertiary/aromatic N) is 3. The van der Waals surface area contributed by atoms with Gasteiger partial charge in [0, 0.05) is 54.3 Å². The largest absolute Gasteiger partial charge is 0.378 e. The first-order chi connectivity index (χ1) is 15.7. The number of aromatic nitrogens is 1. The summed E-state index contributed by atoms with van der Waals surface area (Å²) >= 11 is 0. The topological polar surface area (TPSA) is 45.7 Å². The summed E-state index contributed by atoms with van der Waals surface area (Å²) in [6.07, 6.45) is 3.55. The van der Waals surface area contributed by atoms with Crippen LogP contribution in [0.4, 0.5) is 11.4 Å². The van der Waals surface area contributed by atoms with Gasteiger partial charge in [-0.3, -0.25) is 4.79 Å². The lowest BCUT2D eigenvalue weighted by Crippen LogP contribution is -2.32. The number of allylic oxidation sites excluding steroid dienone is 1. The zero-order valence-electron chi connectivity index (χ0n) is 17.9. The van der Waals surface area contributed by atoms with Gasteiger partial charge in [-0.2, -0.15) is 0 Å². The Hall–Kier alpha value is -3.70. The van der Waals surface area contributed by atoms with Crippen molar-refractivity contribution in [3.05, 3.63) is 78.5 Å². The Kier molecular flexibility index (Phi) is 4.44. The van der Waals surface area contributed by atoms with E-state index in [0.717, 1.165) is 57.4 Å². The number of pyridine rings is 1. The average molecular weight is 422 g/mol. The van der Waals surface area contributed by atoms with Crippen LogP contribution in [0, 0.1) is 0 Å². The Bertz CT molecular complexity index is 1400. The number of para-hydroxylation sites is 1. The second-order valence-electron chi connectivity index (χ2n) is 8.30. The number of benzene rings is 3. The van der Waals surface area contributed by atoms with E-state index in [4.69, 9.17) is 9.72 Å². The van der Waals surface area contributed by atoms with Crippen LogP contribution in [0.3, 0.4) is 0 Å². The number of hydrogen-bond acceptors (Lipinski definition) is 5. The van der Waals surface area contributed by atoms with Crippen LogP contribution in [0.15, 0.2) is 72.9 Å². The third-order valence-electron chi connectivity index (χ3n) is 6.45. The molecule has 1 aromatic heterocycles. The van der Waals surface area contributed by atoms with E-state index in [1.807, 2.05) is 24.4 Å². The van der Waals surface area contributed by atoms with Gasteiger partial charge in [0.15, 0.2) is 5.78 Å². The minimum atomic E-state index is 0.00123. The summed E-state index contributed by atoms with van der Waals surface area (Å²) in [5.41, 5.74) is 6.00. The van der Waals surface area contributed by atoms with Crippen LogP contribution in [0.25, 0.3) is 32.9 Å². The van der Waals surface area contributed by atoms with E-state index in [9.17, 15) is 4.79 Å². The van der Waals surface area contributed by atoms with E-state index < -0.39 is 0 Å². The molecule has 4 aromatic rings. The summed E-state index contributed by atoms with van der Waals surface area (Å²) < 4.78 is 5.37. The molecule has 6 rings (SSSR count). The first-order valence-corrected chi connectivity index (χ1v) is 10.9. The lowest BCUT2D eigenvalue weighted by molar-refractivity contribution is 0.0591. The molecule has 0 atom stereocenters. The second kappa shape index (κ2) is 7.46. The van der Waals surface area contributed by atoms with Gasteiger partial charge in [-0.15, -0.1) is 0 Å². The standard InChI is InChI=1S/C27H23N3O2/c1-29-23-7-3-2-5-20(23)27-26-19(6-4-8-24(26)29)21-17-18(9-10-22(21)28-27)25(31)11-12-30-13-15-32-16-14-30/h2-12,17H,13-16H2,1H3/b12-11+. The number of morpholine rings is 1. The van der Waals surface area contributed by atoms with Crippen LogP contribution < -0.4 is 4.90 Å². The minimum Gasteiger partial charge on any atom is -0.378 e. The molecular weight excluding hydrogens is 398 g/mol. The maximum Gasteiger partial charge on any atom is 0.187 e. The summed E-state index contributed by atoms with van der Waals surface area (Å²) in [6.45, 7) is 3.04. The number of ether oxygens (including phenoxy) is 1. The van der Waals surface area contributed by atoms with Crippen molar-refractivity contribution in [3.8, 4) is 11.3 Å². The van der Waals surface area contributed by atoms with Crippen molar-refractivity contribution in [1.29, 1.82) is 0 Å². The van der Waals surface area contributed by atoms with Crippen molar-refractivity contribution in [2.45, 2.75) is 0 Å². The predicted octanol–water partition coefficient (Wildman–Crippen LogP) is 5.16. The second-order valence-corrected chi connectivity index (χ2v) is 8.30. The minimum absolute atomic E-state index is 0.00123. The van der Waals surface area contributed by atoms with Gasteiger partial charge in [0.25, 0.3) is 0 Å². The van der Waals surface area contributed by atoms with Gasteiger partial charge in [-0.25, -0.2) is 4.98 Å². The monoisotopic (exact) mass is 421 g/mol. The van der Waals surface area contributed by atoms with E-state index in [1.54, 1.807) is 6.08 Å². The molecule has 5 heteroatoms. The van der Waals surface area contributed by atoms with E-state index in [2.05, 4.69) is 59.3 Å². The molecule has 0 amide bonds. The summed E-state index contributed by atoms with van der Waals surface area (Å²) in [6, 6.07) is 20.6. The van der Waals surface area contributed by atoms with E-state index in [-0.39, 0.29) is 5.78 Å². The lowest BCUT2D eigenvalue weighted by Gasteiger charge is -2.30. The summed E-state index contributed by atoms with van der Waals surface area (Å²) in [5.74, 6) is 0.00123. The highest BCUT2D eigenvalue weighted by Crippen LogP contribution is 2.47. The van der Waals surface area contributed by atoms with Crippen LogP contribution in [0.1, 0.15) is 10.4 Å². The quantitative estimate of drug-likeness (QED) is 0.260. The summed E-state index contributed by atoms with van der Waals surface area (Å²) in [5, 5.41) is 3.26. The molecule has 1 fully saturated rings. The van der Waals surface area contributed by atoms with Crippen molar-refractivity contribution >= 4 is 38.8 Å². The zero-order valence-corrected chi connectivity index (χ0v) is 17.9. The van der Waals surface area contributed by atoms with Gasteiger partial charge in [0.05, 0.1) is 35.8 Å². The van der Waals surface area contributed by atoms with Crippen molar-refractivity contribution in [1.82, 2.24) is 9.88 Å². The number of carbonyl (C=O) groups is 1. The number of ketones is 1. The molecule has 0 unspecified atom stereocenters. The van der Waals surface area contributed by atoms with Crippen LogP contribution >= 0.6 is 0 Å². The lowest BCUT2D eigenvalue weighted by atomic mass is 9.93. The highest BCUT2D eigenvalue weighted by atomic mass is 16.5. The average Bonchev–Trinajstić information content (AvgIpc) is 2.86. The van der Waals surface area contributed by atoms with E-state index in [0.29, 0.717) is 18.8 Å². The number of carbonyl (C=O) groups excluding carboxylic acids is 1. The maximum atomic E-state index is 12.9. The maximum absolute atomic E-state index is 12.9. The molecule has 0 spiro atoms. The fraction of sp³-hybridized carbons (Fsp3) is 0.185. The molecule has 5 nitrogen and oxygen atoms in total. The molecule has 3 heterocycles. The Morgan fingerprint density at radius 1 is 0.969 bits per heavy atom. The van der Waals surface area contributed by atoms with Crippen molar-refractivity contribution < 1.29 is 9.53 Å². The zero-order chi connectivity index (χ0) is 21.7. The van der Waals surface area contributed by atoms with Crippen molar-refractivity contribution in [2.75, 3.05) is 38.3 Å². The predicted molar refractivity (Wildman–Crippen MR) is 129 cm³/mol. The Morgan fingerprint density at radius 2 is 1.78 bits per heavy atom.